The summed E-state index contributed by atoms with van der Waals surface area (Å²) in [5.41, 5.74) is 0. The van der Waals surface area contributed by atoms with Gasteiger partial charge >= 0.3 is 1.43 Å². The highest BCUT2D eigenvalue weighted by molar-refractivity contribution is 2.51. The molecule has 0 radical (unpaired) electrons. The van der Waals surface area contributed by atoms with Crippen molar-refractivity contribution >= 4 is 0 Å². The first-order chi connectivity index (χ1) is 0. The van der Waals surface area contributed by atoms with Gasteiger partial charge < -0.3 is 0 Å². The van der Waals surface area contributed by atoms with Crippen molar-refractivity contribution in [3.05, 3.63) is 0 Å². The molecule has 0 aromatic heterocycles. The Morgan fingerprint density at radius 1 is 0.400 bits per heavy atom. The third-order valence-corrected chi connectivity index (χ3v) is 0. The first-order valence-electron chi connectivity index (χ1n) is 0. The van der Waals surface area contributed by atoms with E-state index in [4.69, 9.17) is 0 Å². The molecule has 0 aromatic carbocycles. The van der Waals surface area contributed by atoms with E-state index in [9.17, 15) is 0 Å². The summed E-state index contributed by atoms with van der Waals surface area (Å²) in [7, 11) is 0. The molecular weight excluding hydrogens is 60.1 g/mol. The largest absolute Gasteiger partial charge is 1.00 e. The molecule has 0 N–H and O–H groups in total. The van der Waals surface area contributed by atoms with Crippen molar-refractivity contribution in [1.29, 1.82) is 0 Å². The van der Waals surface area contributed by atoms with E-state index in [0.717, 1.165) is 0 Å². The Bertz CT molecular complexity index is 3.90. The van der Waals surface area contributed by atoms with Crippen LogP contribution in [0, 0.1) is 0 Å². The molecule has 40 valence electrons. The van der Waals surface area contributed by atoms with Crippen LogP contribution in [0.1, 0.15) is 38.6 Å². The molecule has 0 bridgehead atoms. The van der Waals surface area contributed by atoms with Crippen LogP contribution < -0.4 is 0 Å². The zero-order chi connectivity index (χ0) is 0. The molecule has 0 saturated carbocycles. The van der Waals surface area contributed by atoms with Gasteiger partial charge in [0, 0.05) is 0 Å². The highest BCUT2D eigenvalue weighted by atomic mass is 12.0. The molecule has 0 nitrogen and oxygen atoms in total. The summed E-state index contributed by atoms with van der Waals surface area (Å²) >= 11 is 0. The summed E-state index contributed by atoms with van der Waals surface area (Å²) in [6.45, 7) is 0. The Morgan fingerprint density at radius 2 is 0.400 bits per heavy atom. The van der Waals surface area contributed by atoms with Gasteiger partial charge in [0.2, 0.25) is 0 Å². The zero-order valence-electron chi connectivity index (χ0n) is 1.00. The third-order valence-electron chi connectivity index (χ3n) is 0. The van der Waals surface area contributed by atoms with Gasteiger partial charge in [-0.1, -0.05) is 37.1 Å². The van der Waals surface area contributed by atoms with Crippen molar-refractivity contribution in [2.45, 2.75) is 37.1 Å². The summed E-state index contributed by atoms with van der Waals surface area (Å²) in [6.07, 6.45) is 0. The maximum absolute atomic E-state index is 0. The lowest BCUT2D eigenvalue weighted by molar-refractivity contribution is 2.50. The minimum absolute atomic E-state index is 0. The molecule has 0 fully saturated rings. The van der Waals surface area contributed by atoms with E-state index in [-0.39, 0.29) is 38.6 Å². The molecule has 0 unspecified atom stereocenters. The SMILES string of the molecule is C.C.C.C.C.[H+]. The second-order valence-corrected chi connectivity index (χ2v) is 0. The fraction of sp³-hybridized carbons (Fsp3) is 1.00. The number of hydrogen-bond acceptors (Lipinski definition) is 0. The van der Waals surface area contributed by atoms with E-state index in [2.05, 4.69) is 0 Å². The molecule has 5 heavy (non-hydrogen) atoms. The predicted molar refractivity (Wildman–Crippen MR) is 34.8 cm³/mol. The van der Waals surface area contributed by atoms with Crippen molar-refractivity contribution in [3.63, 3.8) is 0 Å². The quantitative estimate of drug-likeness (QED) is 0.419. The fourth-order valence-corrected chi connectivity index (χ4v) is 0. The molecule has 0 spiro atoms. The first kappa shape index (κ1) is 0. The molecule has 0 heterocycles. The fourth-order valence-electron chi connectivity index (χ4n) is 0. The Labute approximate surface area is 39.7 Å². The van der Waals surface area contributed by atoms with Gasteiger partial charge in [0.25, 0.3) is 0 Å². The van der Waals surface area contributed by atoms with Crippen molar-refractivity contribution in [1.82, 2.24) is 0 Å². The summed E-state index contributed by atoms with van der Waals surface area (Å²) in [5, 5.41) is 0. The predicted octanol–water partition coefficient (Wildman–Crippen LogP) is 3.29. The highest BCUT2D eigenvalue weighted by Gasteiger charge is -0.0736. The molecule has 0 saturated heterocycles. The van der Waals surface area contributed by atoms with E-state index in [0.29, 0.717) is 0 Å². The van der Waals surface area contributed by atoms with Crippen LogP contribution in [-0.4, -0.2) is 0 Å². The Morgan fingerprint density at radius 3 is 0.400 bits per heavy atom. The summed E-state index contributed by atoms with van der Waals surface area (Å²) in [4.78, 5) is 0. The summed E-state index contributed by atoms with van der Waals surface area (Å²) < 4.78 is 0. The van der Waals surface area contributed by atoms with Crippen molar-refractivity contribution < 1.29 is 1.43 Å². The van der Waals surface area contributed by atoms with Crippen LogP contribution in [-0.2, 0) is 0 Å². The molecule has 0 aromatic rings. The van der Waals surface area contributed by atoms with Gasteiger partial charge in [-0.25, -0.2) is 0 Å². The van der Waals surface area contributed by atoms with Crippen LogP contribution in [0.4, 0.5) is 0 Å². The first-order valence-corrected chi connectivity index (χ1v) is 0. The monoisotopic (exact) mass is 81.2 g/mol. The van der Waals surface area contributed by atoms with Gasteiger partial charge in [-0.2, -0.15) is 0 Å². The van der Waals surface area contributed by atoms with Gasteiger partial charge in [-0.3, -0.25) is 0 Å². The van der Waals surface area contributed by atoms with Crippen molar-refractivity contribution in [3.8, 4) is 0 Å². The maximum Gasteiger partial charge on any atom is 1.00 e. The molecule has 0 heteroatoms. The van der Waals surface area contributed by atoms with Gasteiger partial charge in [0.1, 0.15) is 0 Å². The van der Waals surface area contributed by atoms with Gasteiger partial charge in [-0.05, 0) is 0 Å². The van der Waals surface area contributed by atoms with Crippen LogP contribution in [0.25, 0.3) is 0 Å². The Balaban J connectivity index is 0. The molecule has 0 aliphatic rings. The second-order valence-electron chi connectivity index (χ2n) is 0. The lowest BCUT2D eigenvalue weighted by atomic mass is 12.0. The topological polar surface area (TPSA) is 0 Å². The Kier molecular flexibility index (Phi) is 0. The van der Waals surface area contributed by atoms with Crippen molar-refractivity contribution in [2.75, 3.05) is 0 Å². The van der Waals surface area contributed by atoms with E-state index in [1.54, 1.807) is 0 Å². The van der Waals surface area contributed by atoms with Gasteiger partial charge in [0.15, 0.2) is 0 Å². The summed E-state index contributed by atoms with van der Waals surface area (Å²) in [5.74, 6) is 0. The van der Waals surface area contributed by atoms with Crippen LogP contribution in [0.5, 0.6) is 0 Å². The minimum atomic E-state index is 0. The van der Waals surface area contributed by atoms with Crippen LogP contribution in [0.3, 0.4) is 0 Å². The second kappa shape index (κ2) is 0. The number of hydrogen-bond donors (Lipinski definition) is 0. The van der Waals surface area contributed by atoms with E-state index < -0.39 is 0 Å². The molecule has 0 rings (SSSR count). The van der Waals surface area contributed by atoms with Gasteiger partial charge in [0.05, 0.1) is 0 Å². The Hall–Kier alpha value is 0. The maximum atomic E-state index is 0. The van der Waals surface area contributed by atoms with E-state index >= 15 is 0 Å². The number of rotatable bonds is 0. The molecule has 0 aliphatic carbocycles. The van der Waals surface area contributed by atoms with Gasteiger partial charge in [-0.15, -0.1) is 0 Å². The van der Waals surface area contributed by atoms with E-state index in [1.807, 2.05) is 0 Å². The van der Waals surface area contributed by atoms with Crippen LogP contribution >= 0.6 is 0 Å². The highest BCUT2D eigenvalue weighted by Crippen LogP contribution is 0.148. The van der Waals surface area contributed by atoms with Crippen LogP contribution in [0.15, 0.2) is 0 Å². The zero-order valence-corrected chi connectivity index (χ0v) is 0. The lowest BCUT2D eigenvalue weighted by Gasteiger charge is -0.0786. The average molecular weight is 81.2 g/mol. The molecule has 0 aliphatic heterocycles. The minimum Gasteiger partial charge on any atom is -0.0776 e. The normalized spacial score (nSPS) is 0. The van der Waals surface area contributed by atoms with Crippen LogP contribution in [0.2, 0.25) is 0 Å². The molecule has 0 amide bonds. The molecule has 0 atom stereocenters. The van der Waals surface area contributed by atoms with Crippen molar-refractivity contribution in [2.24, 2.45) is 0 Å². The average Bonchev–Trinajstić information content (AvgIpc) is 0. The lowest BCUT2D eigenvalue weighted by Crippen LogP contribution is 0.143. The molecular formula is C5H21+. The standard InChI is InChI=1S/5CH4/h5*1H4/p+1. The van der Waals surface area contributed by atoms with E-state index in [1.165, 1.54) is 0 Å². The third kappa shape index (κ3) is 0. The smallest absolute Gasteiger partial charge is 0.0776 e. The summed E-state index contributed by atoms with van der Waals surface area (Å²) in [6, 6.07) is 0.